The number of amides is 1. The molecule has 0 saturated heterocycles. The van der Waals surface area contributed by atoms with E-state index in [1.807, 2.05) is 43.1 Å². The fourth-order valence-electron chi connectivity index (χ4n) is 4.30. The van der Waals surface area contributed by atoms with Crippen molar-refractivity contribution in [2.24, 2.45) is 0 Å². The number of fused-ring (bicyclic) bond motifs is 1. The van der Waals surface area contributed by atoms with E-state index in [0.29, 0.717) is 12.5 Å². The average Bonchev–Trinajstić information content (AvgIpc) is 3.59. The number of carbonyl (C=O) groups excluding carboxylic acids is 2. The molecule has 1 amide bonds. The van der Waals surface area contributed by atoms with Crippen molar-refractivity contribution in [1.29, 1.82) is 0 Å². The Hall–Kier alpha value is -3.22. The molecule has 2 aromatic heterocycles. The number of aromatic nitrogens is 3. The highest BCUT2D eigenvalue weighted by Gasteiger charge is 2.30. The van der Waals surface area contributed by atoms with Crippen molar-refractivity contribution in [1.82, 2.24) is 20.1 Å². The van der Waals surface area contributed by atoms with E-state index in [2.05, 4.69) is 29.5 Å². The lowest BCUT2D eigenvalue weighted by atomic mass is 9.96. The van der Waals surface area contributed by atoms with Crippen molar-refractivity contribution in [2.75, 3.05) is 6.61 Å². The lowest BCUT2D eigenvalue weighted by Gasteiger charge is -2.16. The number of benzene rings is 1. The summed E-state index contributed by atoms with van der Waals surface area (Å²) in [6.07, 6.45) is 9.11. The van der Waals surface area contributed by atoms with Gasteiger partial charge in [-0.1, -0.05) is 32.4 Å². The maximum Gasteiger partial charge on any atom is 0.407 e. The Kier molecular flexibility index (Phi) is 7.06. The normalized spacial score (nSPS) is 15.2. The molecule has 3 aromatic rings. The van der Waals surface area contributed by atoms with Crippen LogP contribution in [0.4, 0.5) is 4.79 Å². The van der Waals surface area contributed by atoms with Gasteiger partial charge in [0.1, 0.15) is 12.3 Å². The quantitative estimate of drug-likeness (QED) is 0.401. The molecule has 0 bridgehead atoms. The Morgan fingerprint density at radius 3 is 2.67 bits per heavy atom. The number of aldehydes is 1. The minimum absolute atomic E-state index is 0.196. The van der Waals surface area contributed by atoms with Gasteiger partial charge >= 0.3 is 6.09 Å². The molecule has 0 aliphatic heterocycles. The van der Waals surface area contributed by atoms with Crippen molar-refractivity contribution < 1.29 is 14.3 Å². The summed E-state index contributed by atoms with van der Waals surface area (Å²) in [7, 11) is 0. The van der Waals surface area contributed by atoms with Crippen molar-refractivity contribution in [3.05, 3.63) is 47.8 Å². The van der Waals surface area contributed by atoms with Crippen molar-refractivity contribution in [2.45, 2.75) is 70.9 Å². The van der Waals surface area contributed by atoms with Crippen LogP contribution in [0.15, 0.2) is 36.7 Å². The lowest BCUT2D eigenvalue weighted by Crippen LogP contribution is -2.27. The van der Waals surface area contributed by atoms with E-state index in [0.717, 1.165) is 66.1 Å². The van der Waals surface area contributed by atoms with E-state index in [-0.39, 0.29) is 12.1 Å². The minimum atomic E-state index is -0.413. The number of alkyl carbamates (subject to hydrolysis) is 1. The SMILES string of the molecule is CCCOC(=O)NC(C)c1ccc(-c2ccc3c(cnn3C(C=O)CCC)c2C2CC2)nc1. The largest absolute Gasteiger partial charge is 0.450 e. The molecule has 174 valence electrons. The standard InChI is InChI=1S/C26H32N4O3/c1-4-6-20(16-31)30-24-12-10-21(25(18-7-8-18)22(24)15-28-30)23-11-9-19(14-27-23)17(3)29-26(32)33-13-5-2/h9-12,14-18,20H,4-8,13H2,1-3H3,(H,29,32). The number of hydrogen-bond acceptors (Lipinski definition) is 5. The van der Waals surface area contributed by atoms with Crippen LogP contribution < -0.4 is 5.32 Å². The predicted molar refractivity (Wildman–Crippen MR) is 128 cm³/mol. The fraction of sp³-hybridized carbons (Fsp3) is 0.462. The molecule has 2 heterocycles. The van der Waals surface area contributed by atoms with E-state index in [4.69, 9.17) is 9.72 Å². The second kappa shape index (κ2) is 10.1. The smallest absolute Gasteiger partial charge is 0.407 e. The van der Waals surface area contributed by atoms with Gasteiger partial charge < -0.3 is 14.8 Å². The summed E-state index contributed by atoms with van der Waals surface area (Å²) < 4.78 is 6.97. The zero-order chi connectivity index (χ0) is 23.4. The third-order valence-electron chi connectivity index (χ3n) is 6.20. The highest BCUT2D eigenvalue weighted by Crippen LogP contribution is 2.47. The molecule has 1 fully saturated rings. The van der Waals surface area contributed by atoms with Crippen LogP contribution in [-0.2, 0) is 9.53 Å². The van der Waals surface area contributed by atoms with E-state index in [1.165, 1.54) is 5.56 Å². The first-order valence-corrected chi connectivity index (χ1v) is 11.9. The molecule has 1 N–H and O–H groups in total. The zero-order valence-electron chi connectivity index (χ0n) is 19.6. The first-order chi connectivity index (χ1) is 16.1. The summed E-state index contributed by atoms with van der Waals surface area (Å²) in [4.78, 5) is 28.2. The number of carbonyl (C=O) groups is 2. The lowest BCUT2D eigenvalue weighted by molar-refractivity contribution is -0.110. The summed E-state index contributed by atoms with van der Waals surface area (Å²) >= 11 is 0. The molecule has 7 nitrogen and oxygen atoms in total. The van der Waals surface area contributed by atoms with Crippen LogP contribution in [0.5, 0.6) is 0 Å². The molecule has 2 unspecified atom stereocenters. The third kappa shape index (κ3) is 4.92. The first kappa shape index (κ1) is 23.0. The Morgan fingerprint density at radius 2 is 2.03 bits per heavy atom. The molecule has 2 atom stereocenters. The van der Waals surface area contributed by atoms with Crippen LogP contribution in [0.3, 0.4) is 0 Å². The Balaban J connectivity index is 1.62. The van der Waals surface area contributed by atoms with Crippen LogP contribution in [0.25, 0.3) is 22.2 Å². The van der Waals surface area contributed by atoms with Gasteiger partial charge in [0.15, 0.2) is 0 Å². The van der Waals surface area contributed by atoms with Gasteiger partial charge in [0.25, 0.3) is 0 Å². The monoisotopic (exact) mass is 448 g/mol. The molecule has 0 spiro atoms. The highest BCUT2D eigenvalue weighted by atomic mass is 16.5. The number of hydrogen-bond donors (Lipinski definition) is 1. The summed E-state index contributed by atoms with van der Waals surface area (Å²) in [5, 5.41) is 8.54. The fourth-order valence-corrected chi connectivity index (χ4v) is 4.30. The van der Waals surface area contributed by atoms with Gasteiger partial charge in [-0.3, -0.25) is 9.67 Å². The number of pyridine rings is 1. The van der Waals surface area contributed by atoms with Crippen LogP contribution in [0.1, 0.15) is 82.0 Å². The topological polar surface area (TPSA) is 86.1 Å². The maximum absolute atomic E-state index is 11.9. The van der Waals surface area contributed by atoms with E-state index in [9.17, 15) is 9.59 Å². The Bertz CT molecular complexity index is 1120. The van der Waals surface area contributed by atoms with E-state index >= 15 is 0 Å². The number of nitrogens with one attached hydrogen (secondary N) is 1. The van der Waals surface area contributed by atoms with Crippen LogP contribution in [-0.4, -0.2) is 33.8 Å². The van der Waals surface area contributed by atoms with Gasteiger partial charge in [-0.25, -0.2) is 4.79 Å². The zero-order valence-corrected chi connectivity index (χ0v) is 19.6. The first-order valence-electron chi connectivity index (χ1n) is 11.9. The Morgan fingerprint density at radius 1 is 1.21 bits per heavy atom. The summed E-state index contributed by atoms with van der Waals surface area (Å²) in [5.74, 6) is 0.498. The molecule has 7 heteroatoms. The van der Waals surface area contributed by atoms with E-state index < -0.39 is 6.09 Å². The van der Waals surface area contributed by atoms with Gasteiger partial charge in [-0.15, -0.1) is 0 Å². The van der Waals surface area contributed by atoms with Crippen molar-refractivity contribution >= 4 is 23.3 Å². The van der Waals surface area contributed by atoms with Crippen LogP contribution in [0, 0.1) is 0 Å². The average molecular weight is 449 g/mol. The Labute approximate surface area is 194 Å². The molecule has 4 rings (SSSR count). The van der Waals surface area contributed by atoms with Gasteiger partial charge in [-0.05, 0) is 61.8 Å². The van der Waals surface area contributed by atoms with Crippen molar-refractivity contribution in [3.8, 4) is 11.3 Å². The molecule has 1 saturated carbocycles. The second-order valence-corrected chi connectivity index (χ2v) is 8.79. The number of nitrogens with zero attached hydrogens (tertiary/aromatic N) is 3. The molecule has 1 aliphatic rings. The van der Waals surface area contributed by atoms with Gasteiger partial charge in [0.2, 0.25) is 0 Å². The molecule has 33 heavy (non-hydrogen) atoms. The second-order valence-electron chi connectivity index (χ2n) is 8.79. The van der Waals surface area contributed by atoms with Crippen LogP contribution >= 0.6 is 0 Å². The molecule has 1 aliphatic carbocycles. The van der Waals surface area contributed by atoms with Gasteiger partial charge in [0, 0.05) is 17.1 Å². The number of ether oxygens (including phenoxy) is 1. The summed E-state index contributed by atoms with van der Waals surface area (Å²) in [6.45, 7) is 6.36. The minimum Gasteiger partial charge on any atom is -0.450 e. The van der Waals surface area contributed by atoms with Crippen molar-refractivity contribution in [3.63, 3.8) is 0 Å². The summed E-state index contributed by atoms with van der Waals surface area (Å²) in [6, 6.07) is 7.74. The van der Waals surface area contributed by atoms with Gasteiger partial charge in [-0.2, -0.15) is 5.10 Å². The molecular weight excluding hydrogens is 416 g/mol. The summed E-state index contributed by atoms with van der Waals surface area (Å²) in [5.41, 5.74) is 5.21. The predicted octanol–water partition coefficient (Wildman–Crippen LogP) is 5.71. The molecular formula is C26H32N4O3. The number of rotatable bonds is 10. The molecule has 1 aromatic carbocycles. The van der Waals surface area contributed by atoms with E-state index in [1.54, 1.807) is 0 Å². The maximum atomic E-state index is 11.9. The third-order valence-corrected chi connectivity index (χ3v) is 6.20. The van der Waals surface area contributed by atoms with Crippen LogP contribution in [0.2, 0.25) is 0 Å². The highest BCUT2D eigenvalue weighted by molar-refractivity contribution is 5.90. The van der Waals surface area contributed by atoms with Gasteiger partial charge in [0.05, 0.1) is 30.1 Å². The molecule has 0 radical (unpaired) electrons.